The first-order chi connectivity index (χ1) is 26.7. The fourth-order valence-corrected chi connectivity index (χ4v) is 7.13. The lowest BCUT2D eigenvalue weighted by atomic mass is 9.86. The second kappa shape index (κ2) is 21.9. The van der Waals surface area contributed by atoms with E-state index < -0.39 is 0 Å². The van der Waals surface area contributed by atoms with Crippen LogP contribution in [0.15, 0.2) is 158 Å². The Kier molecular flexibility index (Phi) is 17.4. The highest BCUT2D eigenvalue weighted by Crippen LogP contribution is 2.43. The van der Waals surface area contributed by atoms with E-state index in [1.54, 1.807) is 0 Å². The second-order valence-corrected chi connectivity index (χ2v) is 11.7. The average molecular weight is 711 g/mol. The SMILES string of the molecule is CC.CC.CC.CC.CC.Cc1c2ccccc2c(C)c2ccccc12.c1ccc2c(-c3c4ccccc4cc4ccccc34)c3ccccc3cc2c1. The van der Waals surface area contributed by atoms with Crippen molar-refractivity contribution in [3.8, 4) is 11.1 Å². The number of benzene rings is 9. The Morgan fingerprint density at radius 2 is 0.389 bits per heavy atom. The van der Waals surface area contributed by atoms with Crippen LogP contribution < -0.4 is 0 Å². The van der Waals surface area contributed by atoms with Crippen LogP contribution in [0.4, 0.5) is 0 Å². The first-order valence-corrected chi connectivity index (χ1v) is 20.4. The van der Waals surface area contributed by atoms with Gasteiger partial charge in [0.15, 0.2) is 0 Å². The highest BCUT2D eigenvalue weighted by molar-refractivity contribution is 6.23. The number of aryl methyl sites for hydroxylation is 2. The lowest BCUT2D eigenvalue weighted by Gasteiger charge is -2.17. The van der Waals surface area contributed by atoms with Crippen LogP contribution in [0.3, 0.4) is 0 Å². The van der Waals surface area contributed by atoms with Gasteiger partial charge >= 0.3 is 0 Å². The Morgan fingerprint density at radius 1 is 0.222 bits per heavy atom. The highest BCUT2D eigenvalue weighted by Gasteiger charge is 2.15. The van der Waals surface area contributed by atoms with Crippen molar-refractivity contribution < 1.29 is 0 Å². The van der Waals surface area contributed by atoms with Gasteiger partial charge in [-0.15, -0.1) is 0 Å². The number of rotatable bonds is 1. The molecule has 0 saturated heterocycles. The summed E-state index contributed by atoms with van der Waals surface area (Å²) >= 11 is 0. The molecule has 0 radical (unpaired) electrons. The topological polar surface area (TPSA) is 0 Å². The molecule has 0 fully saturated rings. The molecule has 0 aliphatic carbocycles. The molecule has 9 aromatic carbocycles. The number of hydrogen-bond donors (Lipinski definition) is 0. The maximum Gasteiger partial charge on any atom is -0.00143 e. The molecule has 0 spiro atoms. The Labute approximate surface area is 326 Å². The standard InChI is InChI=1S/C28H18.C16H14.5C2H6/c1-5-13-23-19(9-1)17-20-10-2-6-14-24(20)27(23)28-25-15-7-3-11-21(25)18-22-12-4-8-16-26(22)28;1-11-13-7-3-5-9-15(13)12(2)16-10-6-4-8-14(11)16;5*1-2/h1-18H;3-10H,1-2H3;5*1-2H3. The van der Waals surface area contributed by atoms with E-state index in [4.69, 9.17) is 0 Å². The molecule has 278 valence electrons. The van der Waals surface area contributed by atoms with Gasteiger partial charge in [0.1, 0.15) is 0 Å². The van der Waals surface area contributed by atoms with Crippen molar-refractivity contribution in [3.63, 3.8) is 0 Å². The molecule has 0 nitrogen and oxygen atoms in total. The summed E-state index contributed by atoms with van der Waals surface area (Å²) in [4.78, 5) is 0. The van der Waals surface area contributed by atoms with Crippen molar-refractivity contribution in [2.24, 2.45) is 0 Å². The maximum atomic E-state index is 2.31. The molecule has 0 bridgehead atoms. The number of hydrogen-bond acceptors (Lipinski definition) is 0. The fourth-order valence-electron chi connectivity index (χ4n) is 7.13. The first kappa shape index (κ1) is 42.9. The highest BCUT2D eigenvalue weighted by atomic mass is 14.2. The molecule has 0 heteroatoms. The van der Waals surface area contributed by atoms with Gasteiger partial charge < -0.3 is 0 Å². The third-order valence-electron chi connectivity index (χ3n) is 9.26. The lowest BCUT2D eigenvalue weighted by molar-refractivity contribution is 1.50. The largest absolute Gasteiger partial charge is 0.0683 e. The fraction of sp³-hybridized carbons (Fsp3) is 0.222. The van der Waals surface area contributed by atoms with E-state index in [9.17, 15) is 0 Å². The molecule has 9 rings (SSSR count). The van der Waals surface area contributed by atoms with E-state index in [2.05, 4.69) is 172 Å². The van der Waals surface area contributed by atoms with E-state index >= 15 is 0 Å². The zero-order chi connectivity index (χ0) is 39.6. The molecule has 54 heavy (non-hydrogen) atoms. The summed E-state index contributed by atoms with van der Waals surface area (Å²) in [6.07, 6.45) is 0. The minimum absolute atomic E-state index is 1.29. The Balaban J connectivity index is 0.000000257. The summed E-state index contributed by atoms with van der Waals surface area (Å²) in [7, 11) is 0. The van der Waals surface area contributed by atoms with Gasteiger partial charge in [-0.3, -0.25) is 0 Å². The van der Waals surface area contributed by atoms with Crippen LogP contribution in [-0.4, -0.2) is 0 Å². The molecule has 0 saturated carbocycles. The number of fused-ring (bicyclic) bond motifs is 6. The van der Waals surface area contributed by atoms with Gasteiger partial charge in [-0.05, 0) is 113 Å². The zero-order valence-electron chi connectivity index (χ0n) is 35.0. The van der Waals surface area contributed by atoms with Gasteiger partial charge in [0.2, 0.25) is 0 Å². The quantitative estimate of drug-likeness (QED) is 0.149. The van der Waals surface area contributed by atoms with Crippen molar-refractivity contribution in [2.75, 3.05) is 0 Å². The molecule has 0 heterocycles. The van der Waals surface area contributed by atoms with Crippen LogP contribution in [0.1, 0.15) is 80.4 Å². The van der Waals surface area contributed by atoms with Crippen LogP contribution in [-0.2, 0) is 0 Å². The third kappa shape index (κ3) is 8.83. The van der Waals surface area contributed by atoms with E-state index in [0.717, 1.165) is 0 Å². The van der Waals surface area contributed by atoms with Gasteiger partial charge in [-0.1, -0.05) is 215 Å². The molecular formula is C54H62. The summed E-state index contributed by atoms with van der Waals surface area (Å²) in [6.45, 7) is 24.4. The van der Waals surface area contributed by atoms with Crippen LogP contribution in [0.25, 0.3) is 75.8 Å². The van der Waals surface area contributed by atoms with Gasteiger partial charge in [0.25, 0.3) is 0 Å². The normalized spacial score (nSPS) is 9.85. The monoisotopic (exact) mass is 710 g/mol. The van der Waals surface area contributed by atoms with Crippen LogP contribution in [0, 0.1) is 13.8 Å². The summed E-state index contributed by atoms with van der Waals surface area (Å²) in [6, 6.07) is 56.9. The summed E-state index contributed by atoms with van der Waals surface area (Å²) in [5, 5.41) is 15.9. The Morgan fingerprint density at radius 3 is 0.593 bits per heavy atom. The summed E-state index contributed by atoms with van der Waals surface area (Å²) in [5.41, 5.74) is 5.44. The van der Waals surface area contributed by atoms with Crippen LogP contribution >= 0.6 is 0 Å². The second-order valence-electron chi connectivity index (χ2n) is 11.7. The van der Waals surface area contributed by atoms with Crippen molar-refractivity contribution in [3.05, 3.63) is 169 Å². The molecule has 0 atom stereocenters. The molecule has 0 amide bonds. The van der Waals surface area contributed by atoms with Gasteiger partial charge in [0.05, 0.1) is 0 Å². The van der Waals surface area contributed by atoms with Crippen LogP contribution in [0.5, 0.6) is 0 Å². The molecule has 0 aliphatic heterocycles. The zero-order valence-corrected chi connectivity index (χ0v) is 35.0. The van der Waals surface area contributed by atoms with Crippen molar-refractivity contribution >= 4 is 64.6 Å². The van der Waals surface area contributed by atoms with Crippen molar-refractivity contribution in [2.45, 2.75) is 83.1 Å². The Hall–Kier alpha value is -5.46. The van der Waals surface area contributed by atoms with Crippen molar-refractivity contribution in [1.29, 1.82) is 0 Å². The molecule has 0 aliphatic rings. The molecule has 9 aromatic rings. The summed E-state index contributed by atoms with van der Waals surface area (Å²) in [5.74, 6) is 0. The van der Waals surface area contributed by atoms with E-state index in [0.29, 0.717) is 0 Å². The molecule has 0 N–H and O–H groups in total. The van der Waals surface area contributed by atoms with Gasteiger partial charge in [-0.2, -0.15) is 0 Å². The summed E-state index contributed by atoms with van der Waals surface area (Å²) < 4.78 is 0. The average Bonchev–Trinajstić information content (AvgIpc) is 3.28. The van der Waals surface area contributed by atoms with Crippen LogP contribution in [0.2, 0.25) is 0 Å². The minimum Gasteiger partial charge on any atom is -0.0683 e. The first-order valence-electron chi connectivity index (χ1n) is 20.4. The lowest BCUT2D eigenvalue weighted by Crippen LogP contribution is -1.89. The van der Waals surface area contributed by atoms with E-state index in [1.807, 2.05) is 69.2 Å². The third-order valence-corrected chi connectivity index (χ3v) is 9.26. The van der Waals surface area contributed by atoms with Gasteiger partial charge in [-0.25, -0.2) is 0 Å². The predicted octanol–water partition coefficient (Wildman–Crippen LogP) is 17.7. The molecule has 0 aromatic heterocycles. The van der Waals surface area contributed by atoms with Crippen molar-refractivity contribution in [1.82, 2.24) is 0 Å². The molecule has 0 unspecified atom stereocenters. The van der Waals surface area contributed by atoms with Gasteiger partial charge in [0, 0.05) is 0 Å². The maximum absolute atomic E-state index is 2.31. The smallest absolute Gasteiger partial charge is 0.00143 e. The molecular weight excluding hydrogens is 649 g/mol. The van der Waals surface area contributed by atoms with E-state index in [1.165, 1.54) is 86.9 Å². The Bertz CT molecular complexity index is 2170. The van der Waals surface area contributed by atoms with E-state index in [-0.39, 0.29) is 0 Å². The minimum atomic E-state index is 1.29. The predicted molar refractivity (Wildman–Crippen MR) is 250 cm³/mol.